The van der Waals surface area contributed by atoms with E-state index in [9.17, 15) is 9.59 Å². The van der Waals surface area contributed by atoms with Crippen LogP contribution >= 0.6 is 0 Å². The Bertz CT molecular complexity index is 662. The zero-order valence-electron chi connectivity index (χ0n) is 12.8. The van der Waals surface area contributed by atoms with E-state index in [2.05, 4.69) is 12.2 Å². The molecular formula is C18H19NO3. The molecule has 4 nitrogen and oxygen atoms in total. The normalized spacial score (nSPS) is 10.1. The minimum Gasteiger partial charge on any atom is -0.462 e. The molecule has 0 spiro atoms. The Balaban J connectivity index is 2.19. The van der Waals surface area contributed by atoms with Gasteiger partial charge in [0.15, 0.2) is 0 Å². The molecule has 2 aromatic carbocycles. The van der Waals surface area contributed by atoms with Crippen LogP contribution in [0.25, 0.3) is 0 Å². The zero-order chi connectivity index (χ0) is 15.9. The van der Waals surface area contributed by atoms with Gasteiger partial charge >= 0.3 is 5.97 Å². The quantitative estimate of drug-likeness (QED) is 0.857. The second-order valence-corrected chi connectivity index (χ2v) is 4.77. The fourth-order valence-corrected chi connectivity index (χ4v) is 2.07. The summed E-state index contributed by atoms with van der Waals surface area (Å²) in [7, 11) is 0. The number of benzene rings is 2. The first-order valence-electron chi connectivity index (χ1n) is 7.32. The van der Waals surface area contributed by atoms with Gasteiger partial charge in [0.05, 0.1) is 17.9 Å². The Morgan fingerprint density at radius 1 is 1.00 bits per heavy atom. The van der Waals surface area contributed by atoms with E-state index < -0.39 is 5.97 Å². The molecule has 0 heterocycles. The van der Waals surface area contributed by atoms with Gasteiger partial charge in [-0.1, -0.05) is 31.2 Å². The molecular weight excluding hydrogens is 278 g/mol. The highest BCUT2D eigenvalue weighted by atomic mass is 16.5. The Hall–Kier alpha value is -2.62. The maximum Gasteiger partial charge on any atom is 0.340 e. The first-order chi connectivity index (χ1) is 10.7. The molecule has 0 saturated carbocycles. The van der Waals surface area contributed by atoms with E-state index in [1.807, 2.05) is 12.1 Å². The number of rotatable bonds is 5. The van der Waals surface area contributed by atoms with Gasteiger partial charge in [0.1, 0.15) is 0 Å². The number of para-hydroxylation sites is 1. The minimum atomic E-state index is -0.445. The van der Waals surface area contributed by atoms with Gasteiger partial charge < -0.3 is 10.1 Å². The van der Waals surface area contributed by atoms with E-state index in [1.165, 1.54) is 5.56 Å². The van der Waals surface area contributed by atoms with Gasteiger partial charge in [-0.05, 0) is 43.2 Å². The van der Waals surface area contributed by atoms with Gasteiger partial charge in [0.25, 0.3) is 5.91 Å². The summed E-state index contributed by atoms with van der Waals surface area (Å²) in [6.45, 7) is 4.10. The van der Waals surface area contributed by atoms with Crippen molar-refractivity contribution in [2.45, 2.75) is 20.3 Å². The first kappa shape index (κ1) is 15.8. The van der Waals surface area contributed by atoms with Crippen molar-refractivity contribution in [1.29, 1.82) is 0 Å². The summed E-state index contributed by atoms with van der Waals surface area (Å²) < 4.78 is 5.00. The van der Waals surface area contributed by atoms with Crippen molar-refractivity contribution in [3.8, 4) is 0 Å². The number of ether oxygens (including phenoxy) is 1. The number of carbonyl (C=O) groups excluding carboxylic acids is 2. The molecule has 0 radical (unpaired) electrons. The van der Waals surface area contributed by atoms with Crippen molar-refractivity contribution in [1.82, 2.24) is 0 Å². The van der Waals surface area contributed by atoms with Crippen molar-refractivity contribution in [2.75, 3.05) is 11.9 Å². The molecule has 2 rings (SSSR count). The highest BCUT2D eigenvalue weighted by molar-refractivity contribution is 6.08. The molecule has 2 aromatic rings. The van der Waals surface area contributed by atoms with Gasteiger partial charge in [0.2, 0.25) is 0 Å². The van der Waals surface area contributed by atoms with Crippen LogP contribution in [0.15, 0.2) is 48.5 Å². The SMILES string of the molecule is CCOC(=O)c1ccccc1NC(=O)c1ccc(CC)cc1. The molecule has 1 amide bonds. The lowest BCUT2D eigenvalue weighted by Crippen LogP contribution is -2.15. The lowest BCUT2D eigenvalue weighted by Gasteiger charge is -2.10. The van der Waals surface area contributed by atoms with Crippen LogP contribution < -0.4 is 5.32 Å². The Kier molecular flexibility index (Phi) is 5.31. The van der Waals surface area contributed by atoms with E-state index in [4.69, 9.17) is 4.74 Å². The van der Waals surface area contributed by atoms with Gasteiger partial charge in [-0.15, -0.1) is 0 Å². The van der Waals surface area contributed by atoms with Crippen LogP contribution in [-0.2, 0) is 11.2 Å². The number of carbonyl (C=O) groups is 2. The molecule has 0 aliphatic carbocycles. The molecule has 0 bridgehead atoms. The first-order valence-corrected chi connectivity index (χ1v) is 7.32. The number of anilines is 1. The number of aryl methyl sites for hydroxylation is 1. The largest absolute Gasteiger partial charge is 0.462 e. The van der Waals surface area contributed by atoms with E-state index >= 15 is 0 Å². The summed E-state index contributed by atoms with van der Waals surface area (Å²) >= 11 is 0. The van der Waals surface area contributed by atoms with Gasteiger partial charge in [-0.25, -0.2) is 4.79 Å². The smallest absolute Gasteiger partial charge is 0.340 e. The molecule has 22 heavy (non-hydrogen) atoms. The summed E-state index contributed by atoms with van der Waals surface area (Å²) in [6, 6.07) is 14.2. The fourth-order valence-electron chi connectivity index (χ4n) is 2.07. The Labute approximate surface area is 130 Å². The summed E-state index contributed by atoms with van der Waals surface area (Å²) in [4.78, 5) is 24.2. The summed E-state index contributed by atoms with van der Waals surface area (Å²) in [5.74, 6) is -0.695. The number of hydrogen-bond acceptors (Lipinski definition) is 3. The van der Waals surface area contributed by atoms with Crippen LogP contribution in [0.1, 0.15) is 40.1 Å². The van der Waals surface area contributed by atoms with E-state index in [0.29, 0.717) is 23.4 Å². The fraction of sp³-hybridized carbons (Fsp3) is 0.222. The Morgan fingerprint density at radius 2 is 1.68 bits per heavy atom. The topological polar surface area (TPSA) is 55.4 Å². The van der Waals surface area contributed by atoms with Crippen LogP contribution in [0.3, 0.4) is 0 Å². The molecule has 0 saturated heterocycles. The molecule has 0 atom stereocenters. The van der Waals surface area contributed by atoms with Crippen LogP contribution in [0.2, 0.25) is 0 Å². The van der Waals surface area contributed by atoms with Gasteiger partial charge in [-0.3, -0.25) is 4.79 Å². The molecule has 0 fully saturated rings. The maximum absolute atomic E-state index is 12.3. The zero-order valence-corrected chi connectivity index (χ0v) is 12.8. The highest BCUT2D eigenvalue weighted by Gasteiger charge is 2.14. The van der Waals surface area contributed by atoms with E-state index in [-0.39, 0.29) is 5.91 Å². The van der Waals surface area contributed by atoms with E-state index in [1.54, 1.807) is 43.3 Å². The molecule has 0 aliphatic heterocycles. The van der Waals surface area contributed by atoms with Crippen LogP contribution in [0.4, 0.5) is 5.69 Å². The standard InChI is InChI=1S/C18H19NO3/c1-3-13-9-11-14(12-10-13)17(20)19-16-8-6-5-7-15(16)18(21)22-4-2/h5-12H,3-4H2,1-2H3,(H,19,20). The average Bonchev–Trinajstić information content (AvgIpc) is 2.55. The Morgan fingerprint density at radius 3 is 2.32 bits per heavy atom. The molecule has 1 N–H and O–H groups in total. The predicted molar refractivity (Wildman–Crippen MR) is 86.2 cm³/mol. The van der Waals surface area contributed by atoms with Crippen molar-refractivity contribution in [3.05, 3.63) is 65.2 Å². The summed E-state index contributed by atoms with van der Waals surface area (Å²) in [5.41, 5.74) is 2.52. The van der Waals surface area contributed by atoms with Crippen molar-refractivity contribution in [2.24, 2.45) is 0 Å². The number of nitrogens with one attached hydrogen (secondary N) is 1. The predicted octanol–water partition coefficient (Wildman–Crippen LogP) is 3.68. The maximum atomic E-state index is 12.3. The monoisotopic (exact) mass is 297 g/mol. The molecule has 0 unspecified atom stereocenters. The molecule has 0 aromatic heterocycles. The third-order valence-corrected chi connectivity index (χ3v) is 3.29. The average molecular weight is 297 g/mol. The van der Waals surface area contributed by atoms with Gasteiger partial charge in [-0.2, -0.15) is 0 Å². The van der Waals surface area contributed by atoms with Crippen molar-refractivity contribution < 1.29 is 14.3 Å². The van der Waals surface area contributed by atoms with Crippen molar-refractivity contribution >= 4 is 17.6 Å². The highest BCUT2D eigenvalue weighted by Crippen LogP contribution is 2.17. The third-order valence-electron chi connectivity index (χ3n) is 3.29. The second kappa shape index (κ2) is 7.41. The lowest BCUT2D eigenvalue weighted by atomic mass is 10.1. The summed E-state index contributed by atoms with van der Waals surface area (Å²) in [6.07, 6.45) is 0.924. The number of esters is 1. The van der Waals surface area contributed by atoms with Crippen LogP contribution in [0, 0.1) is 0 Å². The summed E-state index contributed by atoms with van der Waals surface area (Å²) in [5, 5.41) is 2.76. The number of amides is 1. The molecule has 4 heteroatoms. The molecule has 0 aliphatic rings. The van der Waals surface area contributed by atoms with Crippen LogP contribution in [-0.4, -0.2) is 18.5 Å². The third kappa shape index (κ3) is 3.73. The van der Waals surface area contributed by atoms with Crippen LogP contribution in [0.5, 0.6) is 0 Å². The molecule has 114 valence electrons. The van der Waals surface area contributed by atoms with Crippen molar-refractivity contribution in [3.63, 3.8) is 0 Å². The second-order valence-electron chi connectivity index (χ2n) is 4.77. The van der Waals surface area contributed by atoms with E-state index in [0.717, 1.165) is 6.42 Å². The van der Waals surface area contributed by atoms with Gasteiger partial charge in [0, 0.05) is 5.56 Å². The lowest BCUT2D eigenvalue weighted by molar-refractivity contribution is 0.0527. The minimum absolute atomic E-state index is 0.251. The number of hydrogen-bond donors (Lipinski definition) is 1.